The van der Waals surface area contributed by atoms with Crippen LogP contribution < -0.4 is 10.6 Å². The van der Waals surface area contributed by atoms with Crippen LogP contribution in [-0.4, -0.2) is 23.5 Å². The fraction of sp³-hybridized carbons (Fsp3) is 0.538. The predicted molar refractivity (Wildman–Crippen MR) is 73.1 cm³/mol. The van der Waals surface area contributed by atoms with E-state index in [9.17, 15) is 4.79 Å². The van der Waals surface area contributed by atoms with Gasteiger partial charge in [-0.2, -0.15) is 0 Å². The molecule has 5 heteroatoms. The first-order valence-corrected chi connectivity index (χ1v) is 6.69. The van der Waals surface area contributed by atoms with Gasteiger partial charge in [-0.3, -0.25) is 4.79 Å². The lowest BCUT2D eigenvalue weighted by Crippen LogP contribution is -2.43. The number of hydrogen-bond acceptors (Lipinski definition) is 3. The lowest BCUT2D eigenvalue weighted by molar-refractivity contribution is 0.0891. The van der Waals surface area contributed by atoms with E-state index < -0.39 is 0 Å². The van der Waals surface area contributed by atoms with Crippen molar-refractivity contribution >= 4 is 23.3 Å². The first-order chi connectivity index (χ1) is 8.60. The Morgan fingerprint density at radius 2 is 2.22 bits per heavy atom. The zero-order valence-electron chi connectivity index (χ0n) is 10.7. The Kier molecular flexibility index (Phi) is 4.07. The van der Waals surface area contributed by atoms with Crippen molar-refractivity contribution in [2.45, 2.75) is 32.7 Å². The van der Waals surface area contributed by atoms with Crippen LogP contribution in [0.2, 0.25) is 5.02 Å². The number of pyridine rings is 1. The van der Waals surface area contributed by atoms with Crippen molar-refractivity contribution in [2.75, 3.05) is 11.9 Å². The molecule has 1 fully saturated rings. The van der Waals surface area contributed by atoms with Crippen molar-refractivity contribution in [3.63, 3.8) is 0 Å². The molecule has 0 spiro atoms. The Morgan fingerprint density at radius 1 is 1.50 bits per heavy atom. The molecule has 0 aliphatic heterocycles. The Bertz CT molecular complexity index is 444. The second-order valence-electron chi connectivity index (χ2n) is 4.80. The minimum absolute atomic E-state index is 0.184. The fourth-order valence-corrected chi connectivity index (χ4v) is 2.35. The number of nitrogens with zero attached hydrogens (tertiary/aromatic N) is 1. The van der Waals surface area contributed by atoms with Gasteiger partial charge in [0.2, 0.25) is 0 Å². The molecule has 98 valence electrons. The van der Waals surface area contributed by atoms with Crippen LogP contribution in [0.3, 0.4) is 0 Å². The molecular weight excluding hydrogens is 250 g/mol. The highest BCUT2D eigenvalue weighted by molar-refractivity contribution is 6.33. The van der Waals surface area contributed by atoms with Gasteiger partial charge in [0, 0.05) is 12.6 Å². The van der Waals surface area contributed by atoms with Gasteiger partial charge in [-0.15, -0.1) is 0 Å². The van der Waals surface area contributed by atoms with Crippen molar-refractivity contribution in [1.82, 2.24) is 10.3 Å². The molecule has 0 aromatic carbocycles. The van der Waals surface area contributed by atoms with Crippen molar-refractivity contribution in [1.29, 1.82) is 0 Å². The third-order valence-electron chi connectivity index (χ3n) is 3.13. The number of anilines is 1. The molecule has 0 atom stereocenters. The smallest absolute Gasteiger partial charge is 0.271 e. The topological polar surface area (TPSA) is 54.0 Å². The van der Waals surface area contributed by atoms with E-state index in [1.165, 1.54) is 0 Å². The number of rotatable bonds is 4. The third kappa shape index (κ3) is 2.93. The quantitative estimate of drug-likeness (QED) is 0.882. The molecule has 0 bridgehead atoms. The lowest BCUT2D eigenvalue weighted by atomic mass is 9.82. The molecule has 0 radical (unpaired) electrons. The number of carbonyl (C=O) groups excluding carboxylic acids is 1. The zero-order chi connectivity index (χ0) is 13.1. The standard InChI is InChI=1S/C13H18ClN3O/c1-3-15-11-5-4-10(14)12(17-11)13(18)16-9-6-8(2)7-9/h4-5,8-9H,3,6-7H2,1-2H3,(H,15,17)(H,16,18). The maximum Gasteiger partial charge on any atom is 0.271 e. The monoisotopic (exact) mass is 267 g/mol. The molecule has 2 N–H and O–H groups in total. The van der Waals surface area contributed by atoms with Crippen LogP contribution in [0.25, 0.3) is 0 Å². The number of halogens is 1. The van der Waals surface area contributed by atoms with E-state index in [1.807, 2.05) is 6.92 Å². The van der Waals surface area contributed by atoms with Crippen LogP contribution in [0.4, 0.5) is 5.82 Å². The summed E-state index contributed by atoms with van der Waals surface area (Å²) >= 11 is 6.01. The summed E-state index contributed by atoms with van der Waals surface area (Å²) in [4.78, 5) is 16.3. The second kappa shape index (κ2) is 5.57. The summed E-state index contributed by atoms with van der Waals surface area (Å²) in [5.74, 6) is 1.19. The Morgan fingerprint density at radius 3 is 2.83 bits per heavy atom. The third-order valence-corrected chi connectivity index (χ3v) is 3.43. The number of nitrogens with one attached hydrogen (secondary N) is 2. The molecule has 0 saturated heterocycles. The minimum Gasteiger partial charge on any atom is -0.370 e. The fourth-order valence-electron chi connectivity index (χ4n) is 2.15. The van der Waals surface area contributed by atoms with E-state index in [-0.39, 0.29) is 11.9 Å². The van der Waals surface area contributed by atoms with Gasteiger partial charge in [-0.05, 0) is 37.8 Å². The van der Waals surface area contributed by atoms with E-state index in [4.69, 9.17) is 11.6 Å². The van der Waals surface area contributed by atoms with Gasteiger partial charge >= 0.3 is 0 Å². The van der Waals surface area contributed by atoms with Gasteiger partial charge in [0.05, 0.1) is 5.02 Å². The predicted octanol–water partition coefficient (Wildman–Crippen LogP) is 2.70. The van der Waals surface area contributed by atoms with Crippen LogP contribution in [0.1, 0.15) is 37.2 Å². The first-order valence-electron chi connectivity index (χ1n) is 6.31. The van der Waals surface area contributed by atoms with Gasteiger partial charge in [0.25, 0.3) is 5.91 Å². The number of amides is 1. The average Bonchev–Trinajstić information content (AvgIpc) is 2.30. The maximum absolute atomic E-state index is 12.0. The van der Waals surface area contributed by atoms with Crippen LogP contribution in [0.5, 0.6) is 0 Å². The van der Waals surface area contributed by atoms with Gasteiger partial charge in [-0.25, -0.2) is 4.98 Å². The van der Waals surface area contributed by atoms with Gasteiger partial charge in [0.15, 0.2) is 0 Å². The zero-order valence-corrected chi connectivity index (χ0v) is 11.4. The van der Waals surface area contributed by atoms with Crippen LogP contribution in [-0.2, 0) is 0 Å². The summed E-state index contributed by atoms with van der Waals surface area (Å²) in [5.41, 5.74) is 0.301. The summed E-state index contributed by atoms with van der Waals surface area (Å²) in [7, 11) is 0. The molecule has 4 nitrogen and oxygen atoms in total. The Hall–Kier alpha value is -1.29. The molecule has 1 aromatic heterocycles. The molecule has 1 aliphatic carbocycles. The summed E-state index contributed by atoms with van der Waals surface area (Å²) in [6, 6.07) is 3.74. The lowest BCUT2D eigenvalue weighted by Gasteiger charge is -2.33. The number of carbonyl (C=O) groups is 1. The molecule has 1 aliphatic rings. The molecule has 1 saturated carbocycles. The van der Waals surface area contributed by atoms with Gasteiger partial charge < -0.3 is 10.6 Å². The van der Waals surface area contributed by atoms with E-state index >= 15 is 0 Å². The van der Waals surface area contributed by atoms with Crippen molar-refractivity contribution in [2.24, 2.45) is 5.92 Å². The number of hydrogen-bond donors (Lipinski definition) is 2. The van der Waals surface area contributed by atoms with E-state index in [2.05, 4.69) is 22.5 Å². The normalized spacial score (nSPS) is 22.2. The molecule has 1 heterocycles. The molecular formula is C13H18ClN3O. The van der Waals surface area contributed by atoms with Gasteiger partial charge in [-0.1, -0.05) is 18.5 Å². The Labute approximate surface area is 112 Å². The highest BCUT2D eigenvalue weighted by atomic mass is 35.5. The van der Waals surface area contributed by atoms with Gasteiger partial charge in [0.1, 0.15) is 11.5 Å². The van der Waals surface area contributed by atoms with Crippen molar-refractivity contribution in [3.8, 4) is 0 Å². The van der Waals surface area contributed by atoms with E-state index in [1.54, 1.807) is 12.1 Å². The van der Waals surface area contributed by atoms with E-state index in [0.717, 1.165) is 19.4 Å². The van der Waals surface area contributed by atoms with E-state index in [0.29, 0.717) is 22.5 Å². The summed E-state index contributed by atoms with van der Waals surface area (Å²) in [6.07, 6.45) is 2.08. The first kappa shape index (κ1) is 13.1. The molecule has 1 amide bonds. The molecule has 0 unspecified atom stereocenters. The highest BCUT2D eigenvalue weighted by Crippen LogP contribution is 2.27. The van der Waals surface area contributed by atoms with Crippen LogP contribution in [0.15, 0.2) is 12.1 Å². The minimum atomic E-state index is -0.184. The summed E-state index contributed by atoms with van der Waals surface area (Å²) in [5, 5.41) is 6.42. The largest absolute Gasteiger partial charge is 0.370 e. The Balaban J connectivity index is 2.06. The average molecular weight is 268 g/mol. The van der Waals surface area contributed by atoms with Crippen molar-refractivity contribution < 1.29 is 4.79 Å². The van der Waals surface area contributed by atoms with Crippen molar-refractivity contribution in [3.05, 3.63) is 22.8 Å². The highest BCUT2D eigenvalue weighted by Gasteiger charge is 2.27. The van der Waals surface area contributed by atoms with Crippen LogP contribution in [0, 0.1) is 5.92 Å². The molecule has 2 rings (SSSR count). The second-order valence-corrected chi connectivity index (χ2v) is 5.21. The number of aromatic nitrogens is 1. The summed E-state index contributed by atoms with van der Waals surface area (Å²) in [6.45, 7) is 4.92. The molecule has 1 aromatic rings. The maximum atomic E-state index is 12.0. The molecule has 18 heavy (non-hydrogen) atoms. The van der Waals surface area contributed by atoms with Crippen LogP contribution >= 0.6 is 11.6 Å². The SMILES string of the molecule is CCNc1ccc(Cl)c(C(=O)NC2CC(C)C2)n1. The summed E-state index contributed by atoms with van der Waals surface area (Å²) < 4.78 is 0.